The molecule has 1 aliphatic heterocycles. The molecule has 0 aromatic carbocycles. The molecular weight excluding hydrogens is 401 g/mol. The zero-order chi connectivity index (χ0) is 21.5. The third kappa shape index (κ3) is 2.40. The number of cyclic esters (lactones) is 1. The molecule has 160 valence electrons. The van der Waals surface area contributed by atoms with Crippen molar-refractivity contribution in [1.29, 1.82) is 0 Å². The highest BCUT2D eigenvalue weighted by molar-refractivity contribution is 5.92. The van der Waals surface area contributed by atoms with Crippen molar-refractivity contribution >= 4 is 23.6 Å². The third-order valence-electron chi connectivity index (χ3n) is 6.85. The Hall–Kier alpha value is -2.85. The number of fused-ring (bicyclic) bond motifs is 1. The number of carbonyl (C=O) groups is 1. The number of ether oxygens (including phenoxy) is 1. The van der Waals surface area contributed by atoms with Gasteiger partial charge in [-0.05, 0) is 18.8 Å². The van der Waals surface area contributed by atoms with E-state index in [2.05, 4.69) is 20.6 Å². The average molecular weight is 422 g/mol. The number of carbonyl (C=O) groups excluding carboxylic acids is 1. The van der Waals surface area contributed by atoms with Gasteiger partial charge in [-0.15, -0.1) is 0 Å². The van der Waals surface area contributed by atoms with Gasteiger partial charge in [0.15, 0.2) is 0 Å². The monoisotopic (exact) mass is 422 g/mol. The van der Waals surface area contributed by atoms with Gasteiger partial charge in [0, 0.05) is 24.7 Å². The molecule has 1 saturated heterocycles. The molecule has 0 amide bonds. The van der Waals surface area contributed by atoms with Gasteiger partial charge in [-0.2, -0.15) is 23.3 Å². The summed E-state index contributed by atoms with van der Waals surface area (Å²) < 4.78 is 46.4. The third-order valence-corrected chi connectivity index (χ3v) is 6.85. The maximum Gasteiger partial charge on any atom is 0.421 e. The van der Waals surface area contributed by atoms with Gasteiger partial charge >= 0.3 is 12.1 Å². The van der Waals surface area contributed by atoms with Gasteiger partial charge < -0.3 is 15.4 Å². The molecule has 2 N–H and O–H groups in total. The van der Waals surface area contributed by atoms with Crippen molar-refractivity contribution in [2.75, 3.05) is 24.3 Å². The molecule has 0 spiro atoms. The van der Waals surface area contributed by atoms with Crippen LogP contribution < -0.4 is 10.6 Å². The molecule has 8 nitrogen and oxygen atoms in total. The fourth-order valence-corrected chi connectivity index (χ4v) is 4.75. The first-order valence-electron chi connectivity index (χ1n) is 9.79. The zero-order valence-corrected chi connectivity index (χ0v) is 16.7. The van der Waals surface area contributed by atoms with Crippen molar-refractivity contribution in [2.45, 2.75) is 44.3 Å². The Morgan fingerprint density at radius 3 is 2.63 bits per heavy atom. The summed E-state index contributed by atoms with van der Waals surface area (Å²) in [4.78, 5) is 20.4. The predicted octanol–water partition coefficient (Wildman–Crippen LogP) is 3.26. The molecule has 2 saturated carbocycles. The molecule has 3 atom stereocenters. The maximum absolute atomic E-state index is 13.1. The fraction of sp³-hybridized carbons (Fsp3) is 0.579. The summed E-state index contributed by atoms with van der Waals surface area (Å²) in [7, 11) is 1.37. The van der Waals surface area contributed by atoms with Crippen molar-refractivity contribution in [3.63, 3.8) is 0 Å². The average Bonchev–Trinajstić information content (AvgIpc) is 3.53. The van der Waals surface area contributed by atoms with Crippen LogP contribution >= 0.6 is 0 Å². The summed E-state index contributed by atoms with van der Waals surface area (Å²) in [5.41, 5.74) is -1.40. The first-order valence-corrected chi connectivity index (χ1v) is 9.79. The lowest BCUT2D eigenvalue weighted by atomic mass is 9.94. The van der Waals surface area contributed by atoms with Crippen molar-refractivity contribution in [3.05, 3.63) is 23.5 Å². The van der Waals surface area contributed by atoms with Crippen molar-refractivity contribution in [2.24, 2.45) is 11.3 Å². The minimum atomic E-state index is -4.56. The van der Waals surface area contributed by atoms with E-state index < -0.39 is 17.2 Å². The molecule has 2 aliphatic carbocycles. The second-order valence-electron chi connectivity index (χ2n) is 8.44. The van der Waals surface area contributed by atoms with Gasteiger partial charge in [-0.25, -0.2) is 9.67 Å². The smallest absolute Gasteiger partial charge is 0.421 e. The second-order valence-corrected chi connectivity index (χ2v) is 8.44. The Balaban J connectivity index is 1.51. The minimum Gasteiger partial charge on any atom is -0.464 e. The molecule has 2 aromatic heterocycles. The predicted molar refractivity (Wildman–Crippen MR) is 100 cm³/mol. The minimum absolute atomic E-state index is 0.0128. The number of nitrogens with one attached hydrogen (secondary N) is 2. The van der Waals surface area contributed by atoms with Gasteiger partial charge in [0.25, 0.3) is 0 Å². The van der Waals surface area contributed by atoms with E-state index in [-0.39, 0.29) is 35.1 Å². The summed E-state index contributed by atoms with van der Waals surface area (Å²) in [6.45, 7) is 4.39. The van der Waals surface area contributed by atoms with E-state index in [4.69, 9.17) is 9.84 Å². The number of halogens is 3. The van der Waals surface area contributed by atoms with Gasteiger partial charge in [0.2, 0.25) is 5.95 Å². The van der Waals surface area contributed by atoms with E-state index in [9.17, 15) is 18.0 Å². The summed E-state index contributed by atoms with van der Waals surface area (Å²) in [6, 6.07) is 1.95. The van der Waals surface area contributed by atoms with Gasteiger partial charge in [-0.1, -0.05) is 13.8 Å². The van der Waals surface area contributed by atoms with Crippen LogP contribution in [0.5, 0.6) is 0 Å². The van der Waals surface area contributed by atoms with Crippen LogP contribution in [0.4, 0.5) is 30.8 Å². The molecule has 30 heavy (non-hydrogen) atoms. The second kappa shape index (κ2) is 5.86. The van der Waals surface area contributed by atoms with Crippen molar-refractivity contribution in [3.8, 4) is 0 Å². The molecule has 3 aliphatic rings. The lowest BCUT2D eigenvalue weighted by Crippen LogP contribution is -2.23. The molecule has 5 rings (SSSR count). The highest BCUT2D eigenvalue weighted by Crippen LogP contribution is 2.73. The van der Waals surface area contributed by atoms with E-state index in [0.717, 1.165) is 19.0 Å². The molecular formula is C19H21F3N6O2. The Morgan fingerprint density at radius 1 is 1.33 bits per heavy atom. The highest BCUT2D eigenvalue weighted by atomic mass is 19.4. The zero-order valence-electron chi connectivity index (χ0n) is 16.7. The Labute approximate surface area is 170 Å². The number of anilines is 3. The number of aromatic nitrogens is 4. The largest absolute Gasteiger partial charge is 0.464 e. The van der Waals surface area contributed by atoms with Crippen LogP contribution in [0.15, 0.2) is 12.3 Å². The Morgan fingerprint density at radius 2 is 2.07 bits per heavy atom. The molecule has 3 heterocycles. The molecule has 3 fully saturated rings. The Kier molecular flexibility index (Phi) is 3.73. The maximum atomic E-state index is 13.1. The number of hydrogen-bond acceptors (Lipinski definition) is 7. The van der Waals surface area contributed by atoms with Crippen molar-refractivity contribution in [1.82, 2.24) is 19.7 Å². The Bertz CT molecular complexity index is 1050. The van der Waals surface area contributed by atoms with Crippen LogP contribution in [0.1, 0.15) is 44.0 Å². The van der Waals surface area contributed by atoms with Crippen LogP contribution in [-0.4, -0.2) is 39.4 Å². The summed E-state index contributed by atoms with van der Waals surface area (Å²) in [6.07, 6.45) is -1.94. The van der Waals surface area contributed by atoms with Gasteiger partial charge in [0.05, 0.1) is 18.3 Å². The number of hydrogen-bond donors (Lipinski definition) is 2. The number of esters is 1. The SMILES string of the molecule is CNc1nc(Nc2cc([C@]34C(=O)OCC3(C)[C@H]4C)nn2C2CC2)ncc1C(F)(F)F. The van der Waals surface area contributed by atoms with Crippen LogP contribution in [0.3, 0.4) is 0 Å². The van der Waals surface area contributed by atoms with Gasteiger partial charge in [-0.3, -0.25) is 4.79 Å². The lowest BCUT2D eigenvalue weighted by Gasteiger charge is -2.13. The van der Waals surface area contributed by atoms with Crippen LogP contribution in [0, 0.1) is 11.3 Å². The lowest BCUT2D eigenvalue weighted by molar-refractivity contribution is -0.143. The first kappa shape index (κ1) is 19.1. The topological polar surface area (TPSA) is 94.0 Å². The van der Waals surface area contributed by atoms with Gasteiger partial charge in [0.1, 0.15) is 22.6 Å². The standard InChI is InChI=1S/C19H21F3N6O2/c1-9-17(2)8-30-15(29)18(9,17)12-6-13(28(27-12)10-4-5-10)25-16-24-7-11(19(20,21)22)14(23-3)26-16/h6-7,9-10H,4-5,8H2,1-3H3,(H2,23,24,25,26)/t9-,17?,18-/m1/s1. The van der Waals surface area contributed by atoms with Crippen LogP contribution in [0.2, 0.25) is 0 Å². The molecule has 2 aromatic rings. The van der Waals surface area contributed by atoms with E-state index in [1.807, 2.05) is 13.8 Å². The van der Waals surface area contributed by atoms with E-state index >= 15 is 0 Å². The van der Waals surface area contributed by atoms with E-state index in [1.165, 1.54) is 7.05 Å². The molecule has 1 unspecified atom stereocenters. The van der Waals surface area contributed by atoms with E-state index in [0.29, 0.717) is 18.1 Å². The molecule has 0 radical (unpaired) electrons. The normalized spacial score (nSPS) is 30.1. The van der Waals surface area contributed by atoms with Crippen LogP contribution in [0.25, 0.3) is 0 Å². The molecule has 0 bridgehead atoms. The summed E-state index contributed by atoms with van der Waals surface area (Å²) in [5, 5.41) is 10.2. The van der Waals surface area contributed by atoms with Crippen LogP contribution in [-0.2, 0) is 21.1 Å². The molecule has 11 heteroatoms. The summed E-state index contributed by atoms with van der Waals surface area (Å²) in [5.74, 6) is 0.0651. The number of rotatable bonds is 5. The summed E-state index contributed by atoms with van der Waals surface area (Å²) >= 11 is 0. The number of alkyl halides is 3. The highest BCUT2D eigenvalue weighted by Gasteiger charge is 2.82. The fourth-order valence-electron chi connectivity index (χ4n) is 4.75. The quantitative estimate of drug-likeness (QED) is 0.715. The van der Waals surface area contributed by atoms with E-state index in [1.54, 1.807) is 10.7 Å². The first-order chi connectivity index (χ1) is 14.1. The van der Waals surface area contributed by atoms with Crippen molar-refractivity contribution < 1.29 is 22.7 Å². The number of nitrogens with zero attached hydrogens (tertiary/aromatic N) is 4.